The van der Waals surface area contributed by atoms with E-state index in [9.17, 15) is 4.79 Å². The number of aromatic nitrogens is 2. The monoisotopic (exact) mass is 308 g/mol. The number of hydrogen-bond donors (Lipinski definition) is 3. The van der Waals surface area contributed by atoms with Gasteiger partial charge in [-0.25, -0.2) is 4.98 Å². The molecule has 2 aliphatic heterocycles. The standard InChI is InChI=1S/C15H24N4O3/c16-12-9-14(20)19-13(18-12)1-5-17-11-2-6-22-15(10-11)3-7-21-8-4-15/h9,11,17H,1-8,10H2,(H3,16,18,19,20)/t11-/m1/s1. The number of nitrogens with zero attached hydrogens (tertiary/aromatic N) is 1. The zero-order valence-electron chi connectivity index (χ0n) is 12.8. The summed E-state index contributed by atoms with van der Waals surface area (Å²) in [5.74, 6) is 0.899. The Morgan fingerprint density at radius 1 is 1.41 bits per heavy atom. The summed E-state index contributed by atoms with van der Waals surface area (Å²) in [6.45, 7) is 3.15. The zero-order chi connectivity index (χ0) is 15.4. The lowest BCUT2D eigenvalue weighted by Gasteiger charge is -2.43. The van der Waals surface area contributed by atoms with Gasteiger partial charge >= 0.3 is 0 Å². The van der Waals surface area contributed by atoms with Crippen LogP contribution in [0.1, 0.15) is 31.5 Å². The summed E-state index contributed by atoms with van der Waals surface area (Å²) in [5, 5.41) is 3.56. The van der Waals surface area contributed by atoms with Crippen LogP contribution in [0.2, 0.25) is 0 Å². The molecule has 0 saturated carbocycles. The fourth-order valence-corrected chi connectivity index (χ4v) is 3.34. The molecular weight excluding hydrogens is 284 g/mol. The van der Waals surface area contributed by atoms with E-state index in [-0.39, 0.29) is 17.0 Å². The summed E-state index contributed by atoms with van der Waals surface area (Å²) in [6.07, 6.45) is 4.67. The lowest BCUT2D eigenvalue weighted by atomic mass is 9.84. The topological polar surface area (TPSA) is 102 Å². The van der Waals surface area contributed by atoms with Gasteiger partial charge in [-0.2, -0.15) is 0 Å². The van der Waals surface area contributed by atoms with Gasteiger partial charge in [0.2, 0.25) is 0 Å². The lowest BCUT2D eigenvalue weighted by molar-refractivity contribution is -0.140. The third-order valence-corrected chi connectivity index (χ3v) is 4.50. The van der Waals surface area contributed by atoms with Crippen molar-refractivity contribution in [2.24, 2.45) is 0 Å². The molecule has 0 amide bonds. The number of rotatable bonds is 4. The SMILES string of the molecule is Nc1cc(=O)[nH]c(CCN[C@@H]2CCOC3(CCOCC3)C2)n1. The molecule has 1 atom stereocenters. The number of nitrogens with two attached hydrogens (primary N) is 1. The predicted octanol–water partition coefficient (Wildman–Crippen LogP) is 0.212. The minimum absolute atomic E-state index is 0.00208. The Hall–Kier alpha value is -1.44. The summed E-state index contributed by atoms with van der Waals surface area (Å²) in [6, 6.07) is 1.74. The number of H-pyrrole nitrogens is 1. The number of anilines is 1. The van der Waals surface area contributed by atoms with E-state index in [1.165, 1.54) is 6.07 Å². The van der Waals surface area contributed by atoms with Crippen molar-refractivity contribution in [2.45, 2.75) is 43.7 Å². The molecule has 1 aromatic heterocycles. The van der Waals surface area contributed by atoms with Gasteiger partial charge in [-0.05, 0) is 25.7 Å². The molecule has 4 N–H and O–H groups in total. The molecule has 0 radical (unpaired) electrons. The average molecular weight is 308 g/mol. The third-order valence-electron chi connectivity index (χ3n) is 4.50. The van der Waals surface area contributed by atoms with Crippen molar-refractivity contribution in [3.63, 3.8) is 0 Å². The van der Waals surface area contributed by atoms with Crippen LogP contribution in [0.3, 0.4) is 0 Å². The molecule has 0 aliphatic carbocycles. The van der Waals surface area contributed by atoms with Gasteiger partial charge in [0.25, 0.3) is 5.56 Å². The third kappa shape index (κ3) is 3.85. The highest BCUT2D eigenvalue weighted by molar-refractivity contribution is 5.25. The maximum Gasteiger partial charge on any atom is 0.252 e. The number of aromatic amines is 1. The Labute approximate surface area is 129 Å². The first kappa shape index (κ1) is 15.5. The number of hydrogen-bond acceptors (Lipinski definition) is 6. The summed E-state index contributed by atoms with van der Waals surface area (Å²) in [4.78, 5) is 18.2. The van der Waals surface area contributed by atoms with Crippen molar-refractivity contribution in [1.82, 2.24) is 15.3 Å². The fraction of sp³-hybridized carbons (Fsp3) is 0.733. The first-order chi connectivity index (χ1) is 10.7. The quantitative estimate of drug-likeness (QED) is 0.735. The van der Waals surface area contributed by atoms with Crippen LogP contribution in [0, 0.1) is 0 Å². The minimum atomic E-state index is -0.199. The summed E-state index contributed by atoms with van der Waals surface area (Å²) in [5.41, 5.74) is 5.39. The van der Waals surface area contributed by atoms with Crippen molar-refractivity contribution in [2.75, 3.05) is 32.1 Å². The molecule has 3 rings (SSSR count). The highest BCUT2D eigenvalue weighted by Crippen LogP contribution is 2.34. The van der Waals surface area contributed by atoms with Crippen LogP contribution < -0.4 is 16.6 Å². The van der Waals surface area contributed by atoms with Crippen molar-refractivity contribution in [3.8, 4) is 0 Å². The fourth-order valence-electron chi connectivity index (χ4n) is 3.34. The van der Waals surface area contributed by atoms with Gasteiger partial charge in [0, 0.05) is 44.9 Å². The predicted molar refractivity (Wildman–Crippen MR) is 82.7 cm³/mol. The second-order valence-corrected chi connectivity index (χ2v) is 6.15. The van der Waals surface area contributed by atoms with Crippen LogP contribution in [0.4, 0.5) is 5.82 Å². The highest BCUT2D eigenvalue weighted by atomic mass is 16.5. The first-order valence-electron chi connectivity index (χ1n) is 7.96. The van der Waals surface area contributed by atoms with Gasteiger partial charge < -0.3 is 25.5 Å². The maximum absolute atomic E-state index is 11.4. The van der Waals surface area contributed by atoms with Crippen LogP contribution in [-0.4, -0.2) is 48.0 Å². The van der Waals surface area contributed by atoms with Crippen LogP contribution >= 0.6 is 0 Å². The lowest BCUT2D eigenvalue weighted by Crippen LogP contribution is -2.50. The van der Waals surface area contributed by atoms with Crippen molar-refractivity contribution >= 4 is 5.82 Å². The molecular formula is C15H24N4O3. The summed E-state index contributed by atoms with van der Waals surface area (Å²) >= 11 is 0. The molecule has 0 unspecified atom stereocenters. The van der Waals surface area contributed by atoms with Gasteiger partial charge in [-0.3, -0.25) is 4.79 Å². The van der Waals surface area contributed by atoms with E-state index in [1.807, 2.05) is 0 Å². The van der Waals surface area contributed by atoms with Crippen LogP contribution in [-0.2, 0) is 15.9 Å². The highest BCUT2D eigenvalue weighted by Gasteiger charge is 2.38. The smallest absolute Gasteiger partial charge is 0.252 e. The van der Waals surface area contributed by atoms with E-state index < -0.39 is 0 Å². The largest absolute Gasteiger partial charge is 0.383 e. The van der Waals surface area contributed by atoms with Gasteiger partial charge in [-0.1, -0.05) is 0 Å². The van der Waals surface area contributed by atoms with E-state index in [0.29, 0.717) is 18.3 Å². The van der Waals surface area contributed by atoms with Gasteiger partial charge in [0.1, 0.15) is 11.6 Å². The van der Waals surface area contributed by atoms with Crippen molar-refractivity contribution in [1.29, 1.82) is 0 Å². The Morgan fingerprint density at radius 2 is 2.23 bits per heavy atom. The van der Waals surface area contributed by atoms with E-state index in [0.717, 1.165) is 52.0 Å². The number of nitrogen functional groups attached to an aromatic ring is 1. The average Bonchev–Trinajstić information content (AvgIpc) is 2.47. The molecule has 0 bridgehead atoms. The molecule has 1 spiro atoms. The van der Waals surface area contributed by atoms with E-state index in [4.69, 9.17) is 15.2 Å². The molecule has 7 nitrogen and oxygen atoms in total. The second-order valence-electron chi connectivity index (χ2n) is 6.15. The Morgan fingerprint density at radius 3 is 3.00 bits per heavy atom. The Kier molecular flexibility index (Phi) is 4.75. The molecule has 3 heterocycles. The zero-order valence-corrected chi connectivity index (χ0v) is 12.8. The molecule has 1 aromatic rings. The van der Waals surface area contributed by atoms with E-state index >= 15 is 0 Å². The second kappa shape index (κ2) is 6.76. The van der Waals surface area contributed by atoms with Gasteiger partial charge in [0.15, 0.2) is 0 Å². The minimum Gasteiger partial charge on any atom is -0.383 e. The van der Waals surface area contributed by atoms with Gasteiger partial charge in [-0.15, -0.1) is 0 Å². The number of ether oxygens (including phenoxy) is 2. The van der Waals surface area contributed by atoms with Crippen LogP contribution in [0.15, 0.2) is 10.9 Å². The van der Waals surface area contributed by atoms with E-state index in [1.54, 1.807) is 0 Å². The Bertz CT molecular complexity index is 548. The van der Waals surface area contributed by atoms with Crippen molar-refractivity contribution < 1.29 is 9.47 Å². The molecule has 2 fully saturated rings. The normalized spacial score (nSPS) is 24.5. The van der Waals surface area contributed by atoms with E-state index in [2.05, 4.69) is 15.3 Å². The molecule has 7 heteroatoms. The van der Waals surface area contributed by atoms with Crippen LogP contribution in [0.5, 0.6) is 0 Å². The Balaban J connectivity index is 1.49. The maximum atomic E-state index is 11.4. The number of nitrogens with one attached hydrogen (secondary N) is 2. The summed E-state index contributed by atoms with van der Waals surface area (Å²) in [7, 11) is 0. The summed E-state index contributed by atoms with van der Waals surface area (Å²) < 4.78 is 11.5. The molecule has 2 aliphatic rings. The molecule has 2 saturated heterocycles. The molecule has 122 valence electrons. The molecule has 0 aromatic carbocycles. The van der Waals surface area contributed by atoms with Crippen molar-refractivity contribution in [3.05, 3.63) is 22.2 Å². The van der Waals surface area contributed by atoms with Gasteiger partial charge in [0.05, 0.1) is 5.60 Å². The molecule has 22 heavy (non-hydrogen) atoms. The first-order valence-corrected chi connectivity index (χ1v) is 7.96. The van der Waals surface area contributed by atoms with Crippen LogP contribution in [0.25, 0.3) is 0 Å².